The van der Waals surface area contributed by atoms with E-state index in [4.69, 9.17) is 0 Å². The zero-order chi connectivity index (χ0) is 9.47. The molecule has 2 aliphatic rings. The van der Waals surface area contributed by atoms with Crippen LogP contribution in [0.5, 0.6) is 0 Å². The minimum absolute atomic E-state index is 0.00289. The number of hydrogen-bond acceptors (Lipinski definition) is 1. The van der Waals surface area contributed by atoms with Gasteiger partial charge in [-0.3, -0.25) is 4.79 Å². The van der Waals surface area contributed by atoms with Crippen molar-refractivity contribution < 1.29 is 4.79 Å². The first-order chi connectivity index (χ1) is 6.13. The molecule has 0 unspecified atom stereocenters. The molecule has 0 N–H and O–H groups in total. The predicted molar refractivity (Wildman–Crippen MR) is 53.4 cm³/mol. The quantitative estimate of drug-likeness (QED) is 0.521. The molecule has 0 bridgehead atoms. The van der Waals surface area contributed by atoms with Gasteiger partial charge in [-0.25, -0.2) is 0 Å². The second-order valence-corrected chi connectivity index (χ2v) is 4.89. The highest BCUT2D eigenvalue weighted by Gasteiger charge is 2.43. The zero-order valence-corrected chi connectivity index (χ0v) is 8.60. The number of ketones is 1. The minimum Gasteiger partial charge on any atom is -0.299 e. The molecule has 0 aliphatic heterocycles. The van der Waals surface area contributed by atoms with Crippen LogP contribution in [0.25, 0.3) is 0 Å². The van der Waals surface area contributed by atoms with E-state index >= 15 is 0 Å². The lowest BCUT2D eigenvalue weighted by Gasteiger charge is -2.42. The Morgan fingerprint density at radius 1 is 1.54 bits per heavy atom. The third kappa shape index (κ3) is 1.34. The smallest absolute Gasteiger partial charge is 0.139 e. The molecule has 13 heavy (non-hydrogen) atoms. The summed E-state index contributed by atoms with van der Waals surface area (Å²) in [7, 11) is 0. The van der Waals surface area contributed by atoms with Crippen molar-refractivity contribution in [2.45, 2.75) is 46.0 Å². The number of hydrogen-bond donors (Lipinski definition) is 0. The molecule has 0 aromatic rings. The second kappa shape index (κ2) is 2.97. The van der Waals surface area contributed by atoms with E-state index in [0.717, 1.165) is 25.7 Å². The molecule has 0 spiro atoms. The van der Waals surface area contributed by atoms with Crippen LogP contribution in [0.4, 0.5) is 0 Å². The van der Waals surface area contributed by atoms with Gasteiger partial charge in [-0.15, -0.1) is 0 Å². The third-order valence-electron chi connectivity index (χ3n) is 3.89. The summed E-state index contributed by atoms with van der Waals surface area (Å²) in [5.74, 6) is 1.15. The molecule has 2 atom stereocenters. The maximum absolute atomic E-state index is 11.9. The second-order valence-electron chi connectivity index (χ2n) is 4.89. The van der Waals surface area contributed by atoms with Gasteiger partial charge in [0.05, 0.1) is 0 Å². The van der Waals surface area contributed by atoms with Crippen molar-refractivity contribution in [3.8, 4) is 0 Å². The first-order valence-corrected chi connectivity index (χ1v) is 5.32. The molecule has 0 aromatic heterocycles. The Morgan fingerprint density at radius 3 is 3.08 bits per heavy atom. The van der Waals surface area contributed by atoms with Gasteiger partial charge < -0.3 is 0 Å². The van der Waals surface area contributed by atoms with Crippen molar-refractivity contribution in [1.29, 1.82) is 0 Å². The van der Waals surface area contributed by atoms with Crippen molar-refractivity contribution >= 4 is 5.78 Å². The van der Waals surface area contributed by atoms with E-state index in [1.165, 1.54) is 12.0 Å². The SMILES string of the molecule is CC1=CC[C@@H]2CCCC(=O)[C@@]2(C)C1. The topological polar surface area (TPSA) is 17.1 Å². The van der Waals surface area contributed by atoms with Crippen LogP contribution in [-0.4, -0.2) is 5.78 Å². The van der Waals surface area contributed by atoms with Gasteiger partial charge >= 0.3 is 0 Å². The van der Waals surface area contributed by atoms with Crippen molar-refractivity contribution in [2.75, 3.05) is 0 Å². The van der Waals surface area contributed by atoms with Crippen molar-refractivity contribution in [2.24, 2.45) is 11.3 Å². The third-order valence-corrected chi connectivity index (χ3v) is 3.89. The molecular formula is C12H18O. The highest BCUT2D eigenvalue weighted by atomic mass is 16.1. The average molecular weight is 178 g/mol. The lowest BCUT2D eigenvalue weighted by atomic mass is 9.60. The van der Waals surface area contributed by atoms with Crippen LogP contribution in [0.2, 0.25) is 0 Å². The summed E-state index contributed by atoms with van der Waals surface area (Å²) in [6.07, 6.45) is 7.66. The standard InChI is InChI=1S/C12H18O/c1-9-6-7-10-4-3-5-11(13)12(10,2)8-9/h6,10H,3-5,7-8H2,1-2H3/t10-,12-/m0/s1. The molecular weight excluding hydrogens is 160 g/mol. The maximum Gasteiger partial charge on any atom is 0.139 e. The maximum atomic E-state index is 11.9. The number of carbonyl (C=O) groups is 1. The van der Waals surface area contributed by atoms with Crippen LogP contribution in [0, 0.1) is 11.3 Å². The molecule has 0 aromatic carbocycles. The Bertz CT molecular complexity index is 264. The number of fused-ring (bicyclic) bond motifs is 1. The Morgan fingerprint density at radius 2 is 2.31 bits per heavy atom. The summed E-state index contributed by atoms with van der Waals surface area (Å²) < 4.78 is 0. The lowest BCUT2D eigenvalue weighted by molar-refractivity contribution is -0.134. The number of rotatable bonds is 0. The fraction of sp³-hybridized carbons (Fsp3) is 0.750. The fourth-order valence-electron chi connectivity index (χ4n) is 2.96. The highest BCUT2D eigenvalue weighted by Crippen LogP contribution is 2.47. The van der Waals surface area contributed by atoms with Crippen molar-refractivity contribution in [3.63, 3.8) is 0 Å². The number of carbonyl (C=O) groups excluding carboxylic acids is 1. The Kier molecular flexibility index (Phi) is 2.05. The minimum atomic E-state index is -0.00289. The average Bonchev–Trinajstić information content (AvgIpc) is 2.07. The summed E-state index contributed by atoms with van der Waals surface area (Å²) in [6.45, 7) is 4.33. The van der Waals surface area contributed by atoms with E-state index in [0.29, 0.717) is 11.7 Å². The van der Waals surface area contributed by atoms with E-state index in [1.807, 2.05) is 0 Å². The van der Waals surface area contributed by atoms with Gasteiger partial charge in [0, 0.05) is 11.8 Å². The summed E-state index contributed by atoms with van der Waals surface area (Å²) in [6, 6.07) is 0. The molecule has 72 valence electrons. The number of allylic oxidation sites excluding steroid dienone is 2. The molecule has 2 rings (SSSR count). The summed E-state index contributed by atoms with van der Waals surface area (Å²) in [4.78, 5) is 11.9. The van der Waals surface area contributed by atoms with Gasteiger partial charge in [0.25, 0.3) is 0 Å². The van der Waals surface area contributed by atoms with Gasteiger partial charge in [-0.05, 0) is 38.5 Å². The first-order valence-electron chi connectivity index (χ1n) is 5.32. The van der Waals surface area contributed by atoms with E-state index < -0.39 is 0 Å². The zero-order valence-electron chi connectivity index (χ0n) is 8.60. The Labute approximate surface area is 80.2 Å². The van der Waals surface area contributed by atoms with Gasteiger partial charge in [0.15, 0.2) is 0 Å². The molecule has 1 fully saturated rings. The van der Waals surface area contributed by atoms with Crippen molar-refractivity contribution in [3.05, 3.63) is 11.6 Å². The summed E-state index contributed by atoms with van der Waals surface area (Å²) in [5.41, 5.74) is 1.41. The van der Waals surface area contributed by atoms with Gasteiger partial charge in [-0.1, -0.05) is 18.6 Å². The Hall–Kier alpha value is -0.590. The largest absolute Gasteiger partial charge is 0.299 e. The van der Waals surface area contributed by atoms with Crippen LogP contribution in [0.1, 0.15) is 46.0 Å². The molecule has 0 heterocycles. The van der Waals surface area contributed by atoms with Crippen LogP contribution in [0.15, 0.2) is 11.6 Å². The monoisotopic (exact) mass is 178 g/mol. The molecule has 0 amide bonds. The van der Waals surface area contributed by atoms with E-state index in [9.17, 15) is 4.79 Å². The highest BCUT2D eigenvalue weighted by molar-refractivity contribution is 5.86. The first kappa shape index (κ1) is 8.98. The van der Waals surface area contributed by atoms with E-state index in [-0.39, 0.29) is 5.41 Å². The molecule has 1 heteroatoms. The van der Waals surface area contributed by atoms with E-state index in [2.05, 4.69) is 19.9 Å². The summed E-state index contributed by atoms with van der Waals surface area (Å²) >= 11 is 0. The predicted octanol–water partition coefficient (Wildman–Crippen LogP) is 3.10. The summed E-state index contributed by atoms with van der Waals surface area (Å²) in [5, 5.41) is 0. The van der Waals surface area contributed by atoms with Gasteiger partial charge in [0.1, 0.15) is 5.78 Å². The number of Topliss-reactive ketones (excluding diaryl/α,β-unsaturated/α-hetero) is 1. The lowest BCUT2D eigenvalue weighted by Crippen LogP contribution is -2.41. The van der Waals surface area contributed by atoms with Gasteiger partial charge in [-0.2, -0.15) is 0 Å². The van der Waals surface area contributed by atoms with Crippen LogP contribution >= 0.6 is 0 Å². The van der Waals surface area contributed by atoms with Crippen LogP contribution in [-0.2, 0) is 4.79 Å². The fourth-order valence-corrected chi connectivity index (χ4v) is 2.96. The molecule has 2 aliphatic carbocycles. The molecule has 0 radical (unpaired) electrons. The Balaban J connectivity index is 2.29. The van der Waals surface area contributed by atoms with Crippen LogP contribution < -0.4 is 0 Å². The van der Waals surface area contributed by atoms with E-state index in [1.54, 1.807) is 0 Å². The van der Waals surface area contributed by atoms with Gasteiger partial charge in [0.2, 0.25) is 0 Å². The normalized spacial score (nSPS) is 39.7. The van der Waals surface area contributed by atoms with Crippen molar-refractivity contribution in [1.82, 2.24) is 0 Å². The molecule has 1 saturated carbocycles. The molecule has 1 nitrogen and oxygen atoms in total. The molecule has 0 saturated heterocycles. The van der Waals surface area contributed by atoms with Crippen LogP contribution in [0.3, 0.4) is 0 Å².